The number of benzene rings is 2. The van der Waals surface area contributed by atoms with Crippen molar-refractivity contribution in [1.29, 1.82) is 0 Å². The number of halogens is 1. The summed E-state index contributed by atoms with van der Waals surface area (Å²) in [4.78, 5) is 26.6. The number of thioether (sulfide) groups is 1. The van der Waals surface area contributed by atoms with Crippen molar-refractivity contribution in [3.05, 3.63) is 53.1 Å². The SMILES string of the molecule is CSc1cccc(NC(=O)C(=O)N/N=C/c2ccc(N(C)C)cc2Cl)c1. The molecule has 0 atom stereocenters. The van der Waals surface area contributed by atoms with Gasteiger partial charge < -0.3 is 10.2 Å². The molecule has 0 heterocycles. The molecule has 2 aromatic carbocycles. The highest BCUT2D eigenvalue weighted by atomic mass is 35.5. The molecule has 6 nitrogen and oxygen atoms in total. The summed E-state index contributed by atoms with van der Waals surface area (Å²) < 4.78 is 0. The highest BCUT2D eigenvalue weighted by Gasteiger charge is 2.13. The third-order valence-corrected chi connectivity index (χ3v) is 4.46. The van der Waals surface area contributed by atoms with Gasteiger partial charge in [0.2, 0.25) is 0 Å². The molecule has 0 spiro atoms. The van der Waals surface area contributed by atoms with E-state index in [0.29, 0.717) is 16.3 Å². The van der Waals surface area contributed by atoms with Crippen molar-refractivity contribution in [2.24, 2.45) is 5.10 Å². The van der Waals surface area contributed by atoms with E-state index in [0.717, 1.165) is 10.6 Å². The van der Waals surface area contributed by atoms with Gasteiger partial charge in [-0.25, -0.2) is 5.43 Å². The van der Waals surface area contributed by atoms with Crippen LogP contribution >= 0.6 is 23.4 Å². The van der Waals surface area contributed by atoms with Crippen molar-refractivity contribution in [2.45, 2.75) is 4.90 Å². The number of carbonyl (C=O) groups is 2. The van der Waals surface area contributed by atoms with Gasteiger partial charge in [-0.1, -0.05) is 17.7 Å². The van der Waals surface area contributed by atoms with Crippen LogP contribution in [0.2, 0.25) is 5.02 Å². The fraction of sp³-hybridized carbons (Fsp3) is 0.167. The minimum absolute atomic E-state index is 0.493. The predicted molar refractivity (Wildman–Crippen MR) is 108 cm³/mol. The van der Waals surface area contributed by atoms with E-state index in [-0.39, 0.29) is 0 Å². The Morgan fingerprint density at radius 3 is 2.58 bits per heavy atom. The number of hydrogen-bond acceptors (Lipinski definition) is 5. The van der Waals surface area contributed by atoms with Gasteiger partial charge >= 0.3 is 11.8 Å². The van der Waals surface area contributed by atoms with Gasteiger partial charge in [-0.05, 0) is 42.7 Å². The van der Waals surface area contributed by atoms with Crippen LogP contribution in [-0.4, -0.2) is 38.4 Å². The van der Waals surface area contributed by atoms with Gasteiger partial charge in [0, 0.05) is 35.9 Å². The first kappa shape index (κ1) is 19.8. The maximum absolute atomic E-state index is 11.9. The highest BCUT2D eigenvalue weighted by Crippen LogP contribution is 2.21. The van der Waals surface area contributed by atoms with Gasteiger partial charge in [0.25, 0.3) is 0 Å². The van der Waals surface area contributed by atoms with Crippen LogP contribution < -0.4 is 15.6 Å². The molecule has 0 aliphatic rings. The van der Waals surface area contributed by atoms with Crippen LogP contribution in [0.4, 0.5) is 11.4 Å². The molecule has 136 valence electrons. The Balaban J connectivity index is 1.95. The van der Waals surface area contributed by atoms with Crippen molar-refractivity contribution in [2.75, 3.05) is 30.6 Å². The summed E-state index contributed by atoms with van der Waals surface area (Å²) in [6, 6.07) is 12.6. The topological polar surface area (TPSA) is 73.8 Å². The number of hydrogen-bond donors (Lipinski definition) is 2. The van der Waals surface area contributed by atoms with E-state index < -0.39 is 11.8 Å². The molecule has 0 aliphatic heterocycles. The van der Waals surface area contributed by atoms with Gasteiger partial charge in [0.05, 0.1) is 11.2 Å². The van der Waals surface area contributed by atoms with Crippen LogP contribution in [0, 0.1) is 0 Å². The Hall–Kier alpha value is -2.51. The maximum atomic E-state index is 11.9. The molecule has 2 rings (SSSR count). The van der Waals surface area contributed by atoms with Crippen LogP contribution in [0.3, 0.4) is 0 Å². The number of carbonyl (C=O) groups excluding carboxylic acids is 2. The molecule has 2 N–H and O–H groups in total. The first-order valence-corrected chi connectivity index (χ1v) is 9.26. The zero-order chi connectivity index (χ0) is 19.1. The average molecular weight is 391 g/mol. The second-order valence-electron chi connectivity index (χ2n) is 5.49. The monoisotopic (exact) mass is 390 g/mol. The normalized spacial score (nSPS) is 10.6. The standard InChI is InChI=1S/C18H19ClN4O2S/c1-23(2)14-8-7-12(16(19)10-14)11-20-22-18(25)17(24)21-13-5-4-6-15(9-13)26-3/h4-11H,1-3H3,(H,21,24)(H,22,25)/b20-11+. The number of rotatable bonds is 5. The zero-order valence-electron chi connectivity index (χ0n) is 14.6. The number of nitrogens with zero attached hydrogens (tertiary/aromatic N) is 2. The lowest BCUT2D eigenvalue weighted by molar-refractivity contribution is -0.136. The Morgan fingerprint density at radius 1 is 1.15 bits per heavy atom. The number of anilines is 2. The van der Waals surface area contributed by atoms with E-state index in [9.17, 15) is 9.59 Å². The summed E-state index contributed by atoms with van der Waals surface area (Å²) in [6.45, 7) is 0. The fourth-order valence-electron chi connectivity index (χ4n) is 2.00. The zero-order valence-corrected chi connectivity index (χ0v) is 16.2. The predicted octanol–water partition coefficient (Wildman–Crippen LogP) is 3.22. The Kier molecular flexibility index (Phi) is 7.06. The van der Waals surface area contributed by atoms with E-state index in [1.807, 2.05) is 37.4 Å². The first-order valence-electron chi connectivity index (χ1n) is 7.66. The molecule has 0 saturated carbocycles. The van der Waals surface area contributed by atoms with Crippen molar-refractivity contribution < 1.29 is 9.59 Å². The van der Waals surface area contributed by atoms with E-state index >= 15 is 0 Å². The summed E-state index contributed by atoms with van der Waals surface area (Å²) in [5.41, 5.74) is 4.31. The van der Waals surface area contributed by atoms with Gasteiger partial charge in [0.1, 0.15) is 0 Å². The number of hydrazone groups is 1. The Labute approximate surface area is 161 Å². The van der Waals surface area contributed by atoms with E-state index in [2.05, 4.69) is 15.8 Å². The van der Waals surface area contributed by atoms with Gasteiger partial charge in [0.15, 0.2) is 0 Å². The number of nitrogens with one attached hydrogen (secondary N) is 2. The molecule has 0 radical (unpaired) electrons. The van der Waals surface area contributed by atoms with Crippen molar-refractivity contribution in [3.63, 3.8) is 0 Å². The fourth-order valence-corrected chi connectivity index (χ4v) is 2.68. The van der Waals surface area contributed by atoms with E-state index in [1.54, 1.807) is 42.1 Å². The molecule has 0 saturated heterocycles. The molecule has 0 fully saturated rings. The van der Waals surface area contributed by atoms with E-state index in [4.69, 9.17) is 11.6 Å². The molecular formula is C18H19ClN4O2S. The summed E-state index contributed by atoms with van der Waals surface area (Å²) in [6.07, 6.45) is 3.32. The maximum Gasteiger partial charge on any atom is 0.329 e. The Bertz CT molecular complexity index is 840. The van der Waals surface area contributed by atoms with Crippen molar-refractivity contribution in [1.82, 2.24) is 5.43 Å². The van der Waals surface area contributed by atoms with Crippen molar-refractivity contribution in [3.8, 4) is 0 Å². The lowest BCUT2D eigenvalue weighted by Gasteiger charge is -2.13. The third-order valence-electron chi connectivity index (χ3n) is 3.40. The van der Waals surface area contributed by atoms with Crippen molar-refractivity contribution >= 4 is 52.8 Å². The lowest BCUT2D eigenvalue weighted by Crippen LogP contribution is -2.32. The van der Waals surface area contributed by atoms with Crippen LogP contribution in [0.15, 0.2) is 52.5 Å². The summed E-state index contributed by atoms with van der Waals surface area (Å²) in [5.74, 6) is -1.66. The van der Waals surface area contributed by atoms with Gasteiger partial charge in [-0.2, -0.15) is 5.10 Å². The molecule has 0 aromatic heterocycles. The summed E-state index contributed by atoms with van der Waals surface area (Å²) in [7, 11) is 3.82. The minimum Gasteiger partial charge on any atom is -0.378 e. The summed E-state index contributed by atoms with van der Waals surface area (Å²) >= 11 is 7.72. The largest absolute Gasteiger partial charge is 0.378 e. The molecule has 0 unspecified atom stereocenters. The Morgan fingerprint density at radius 2 is 1.92 bits per heavy atom. The molecule has 0 bridgehead atoms. The van der Waals surface area contributed by atoms with E-state index in [1.165, 1.54) is 6.21 Å². The molecule has 8 heteroatoms. The van der Waals surface area contributed by atoms with Crippen LogP contribution in [0.25, 0.3) is 0 Å². The third kappa shape index (κ3) is 5.50. The molecule has 0 aliphatic carbocycles. The second kappa shape index (κ2) is 9.26. The molecule has 2 amide bonds. The van der Waals surface area contributed by atoms with Crippen LogP contribution in [-0.2, 0) is 9.59 Å². The smallest absolute Gasteiger partial charge is 0.329 e. The average Bonchev–Trinajstić information content (AvgIpc) is 2.62. The van der Waals surface area contributed by atoms with Gasteiger partial charge in [-0.3, -0.25) is 9.59 Å². The molecule has 2 aromatic rings. The summed E-state index contributed by atoms with van der Waals surface area (Å²) in [5, 5.41) is 6.81. The molecule has 26 heavy (non-hydrogen) atoms. The van der Waals surface area contributed by atoms with Crippen LogP contribution in [0.5, 0.6) is 0 Å². The van der Waals surface area contributed by atoms with Crippen LogP contribution in [0.1, 0.15) is 5.56 Å². The minimum atomic E-state index is -0.864. The highest BCUT2D eigenvalue weighted by molar-refractivity contribution is 7.98. The molecular weight excluding hydrogens is 372 g/mol. The quantitative estimate of drug-likeness (QED) is 0.356. The second-order valence-corrected chi connectivity index (χ2v) is 6.77. The first-order chi connectivity index (χ1) is 12.4. The lowest BCUT2D eigenvalue weighted by atomic mass is 10.2. The van der Waals surface area contributed by atoms with Gasteiger partial charge in [-0.15, -0.1) is 11.8 Å². The number of amides is 2.